The maximum atomic E-state index is 10.9. The number of morpholine rings is 1. The van der Waals surface area contributed by atoms with Gasteiger partial charge in [-0.3, -0.25) is 9.69 Å². The van der Waals surface area contributed by atoms with Crippen LogP contribution in [0.5, 0.6) is 0 Å². The number of nitrogens with zero attached hydrogens (tertiary/aromatic N) is 1. The molecule has 1 aliphatic rings. The molecule has 1 rings (SSSR count). The fourth-order valence-corrected chi connectivity index (χ4v) is 1.74. The standard InChI is InChI=1S/C11H23N3O2/c1-8(2)14-4-5-16-10(7-14)6-13-9(3)11(12)15/h8-10,13H,4-7H2,1-3H3,(H2,12,15). The maximum Gasteiger partial charge on any atom is 0.234 e. The minimum atomic E-state index is -0.323. The highest BCUT2D eigenvalue weighted by Gasteiger charge is 2.22. The normalized spacial score (nSPS) is 24.6. The molecule has 1 aliphatic heterocycles. The summed E-state index contributed by atoms with van der Waals surface area (Å²) in [5.41, 5.74) is 5.17. The second kappa shape index (κ2) is 6.18. The van der Waals surface area contributed by atoms with Gasteiger partial charge < -0.3 is 15.8 Å². The Morgan fingerprint density at radius 3 is 2.81 bits per heavy atom. The lowest BCUT2D eigenvalue weighted by molar-refractivity contribution is -0.119. The van der Waals surface area contributed by atoms with E-state index in [0.717, 1.165) is 19.7 Å². The van der Waals surface area contributed by atoms with Gasteiger partial charge in [0.05, 0.1) is 18.8 Å². The molecule has 16 heavy (non-hydrogen) atoms. The van der Waals surface area contributed by atoms with Gasteiger partial charge in [0, 0.05) is 25.7 Å². The third-order valence-corrected chi connectivity index (χ3v) is 2.98. The quantitative estimate of drug-likeness (QED) is 0.670. The van der Waals surface area contributed by atoms with Crippen LogP contribution in [-0.4, -0.2) is 55.2 Å². The van der Waals surface area contributed by atoms with Crippen molar-refractivity contribution >= 4 is 5.91 Å². The lowest BCUT2D eigenvalue weighted by Crippen LogP contribution is -2.51. The van der Waals surface area contributed by atoms with Crippen molar-refractivity contribution < 1.29 is 9.53 Å². The van der Waals surface area contributed by atoms with Crippen molar-refractivity contribution in [2.75, 3.05) is 26.2 Å². The third-order valence-electron chi connectivity index (χ3n) is 2.98. The molecule has 0 radical (unpaired) electrons. The van der Waals surface area contributed by atoms with Crippen molar-refractivity contribution in [3.8, 4) is 0 Å². The number of primary amides is 1. The van der Waals surface area contributed by atoms with Crippen molar-refractivity contribution in [3.63, 3.8) is 0 Å². The van der Waals surface area contributed by atoms with Gasteiger partial charge in [-0.1, -0.05) is 0 Å². The van der Waals surface area contributed by atoms with E-state index in [-0.39, 0.29) is 18.1 Å². The van der Waals surface area contributed by atoms with Crippen LogP contribution in [0.25, 0.3) is 0 Å². The van der Waals surface area contributed by atoms with E-state index in [0.29, 0.717) is 12.6 Å². The Balaban J connectivity index is 2.29. The van der Waals surface area contributed by atoms with Gasteiger partial charge in [-0.2, -0.15) is 0 Å². The number of hydrogen-bond acceptors (Lipinski definition) is 4. The summed E-state index contributed by atoms with van der Waals surface area (Å²) in [5, 5.41) is 3.09. The van der Waals surface area contributed by atoms with Crippen LogP contribution < -0.4 is 11.1 Å². The van der Waals surface area contributed by atoms with Gasteiger partial charge in [-0.05, 0) is 20.8 Å². The number of carbonyl (C=O) groups is 1. The molecular formula is C11H23N3O2. The van der Waals surface area contributed by atoms with Gasteiger partial charge in [-0.25, -0.2) is 0 Å². The van der Waals surface area contributed by atoms with E-state index < -0.39 is 0 Å². The summed E-state index contributed by atoms with van der Waals surface area (Å²) in [6.07, 6.45) is 0.151. The van der Waals surface area contributed by atoms with Crippen LogP contribution >= 0.6 is 0 Å². The van der Waals surface area contributed by atoms with Crippen molar-refractivity contribution in [3.05, 3.63) is 0 Å². The van der Waals surface area contributed by atoms with Crippen LogP contribution in [0.2, 0.25) is 0 Å². The van der Waals surface area contributed by atoms with E-state index in [4.69, 9.17) is 10.5 Å². The fraction of sp³-hybridized carbons (Fsp3) is 0.909. The number of amides is 1. The van der Waals surface area contributed by atoms with E-state index in [1.165, 1.54) is 0 Å². The average Bonchev–Trinajstić information content (AvgIpc) is 2.26. The Labute approximate surface area is 97.3 Å². The molecule has 0 saturated carbocycles. The molecule has 3 N–H and O–H groups in total. The molecule has 1 fully saturated rings. The van der Waals surface area contributed by atoms with Crippen molar-refractivity contribution in [1.82, 2.24) is 10.2 Å². The van der Waals surface area contributed by atoms with Gasteiger partial charge in [0.1, 0.15) is 0 Å². The largest absolute Gasteiger partial charge is 0.374 e. The molecule has 5 heteroatoms. The molecule has 0 bridgehead atoms. The molecule has 1 amide bonds. The minimum absolute atomic E-state index is 0.151. The summed E-state index contributed by atoms with van der Waals surface area (Å²) >= 11 is 0. The van der Waals surface area contributed by atoms with Crippen LogP contribution in [0.1, 0.15) is 20.8 Å². The topological polar surface area (TPSA) is 67.6 Å². The Morgan fingerprint density at radius 2 is 2.25 bits per heavy atom. The zero-order valence-electron chi connectivity index (χ0n) is 10.4. The SMILES string of the molecule is CC(NCC1CN(C(C)C)CCO1)C(N)=O. The number of carbonyl (C=O) groups excluding carboxylic acids is 1. The molecule has 2 unspecified atom stereocenters. The number of hydrogen-bond donors (Lipinski definition) is 2. The van der Waals surface area contributed by atoms with Gasteiger partial charge >= 0.3 is 0 Å². The first-order chi connectivity index (χ1) is 7.50. The number of nitrogens with one attached hydrogen (secondary N) is 1. The van der Waals surface area contributed by atoms with E-state index in [1.54, 1.807) is 6.92 Å². The molecule has 0 aliphatic carbocycles. The first-order valence-electron chi connectivity index (χ1n) is 5.89. The highest BCUT2D eigenvalue weighted by atomic mass is 16.5. The first-order valence-corrected chi connectivity index (χ1v) is 5.89. The minimum Gasteiger partial charge on any atom is -0.374 e. The van der Waals surface area contributed by atoms with E-state index in [9.17, 15) is 4.79 Å². The van der Waals surface area contributed by atoms with Crippen LogP contribution in [0.15, 0.2) is 0 Å². The Bertz CT molecular complexity index is 233. The Morgan fingerprint density at radius 1 is 1.56 bits per heavy atom. The smallest absolute Gasteiger partial charge is 0.234 e. The summed E-state index contributed by atoms with van der Waals surface area (Å²) < 4.78 is 5.63. The molecule has 1 saturated heterocycles. The van der Waals surface area contributed by atoms with Gasteiger partial charge in [0.25, 0.3) is 0 Å². The molecule has 2 atom stereocenters. The van der Waals surface area contributed by atoms with Crippen molar-refractivity contribution in [2.45, 2.75) is 39.0 Å². The lowest BCUT2D eigenvalue weighted by atomic mass is 10.2. The monoisotopic (exact) mass is 229 g/mol. The van der Waals surface area contributed by atoms with Crippen LogP contribution in [0.4, 0.5) is 0 Å². The molecule has 94 valence electrons. The summed E-state index contributed by atoms with van der Waals surface area (Å²) in [5.74, 6) is -0.323. The number of nitrogens with two attached hydrogens (primary N) is 1. The molecule has 0 aromatic carbocycles. The van der Waals surface area contributed by atoms with E-state index >= 15 is 0 Å². The second-order valence-corrected chi connectivity index (χ2v) is 4.61. The maximum absolute atomic E-state index is 10.9. The highest BCUT2D eigenvalue weighted by Crippen LogP contribution is 2.08. The van der Waals surface area contributed by atoms with E-state index in [2.05, 4.69) is 24.1 Å². The number of ether oxygens (including phenoxy) is 1. The first kappa shape index (κ1) is 13.4. The molecular weight excluding hydrogens is 206 g/mol. The van der Waals surface area contributed by atoms with Crippen molar-refractivity contribution in [2.24, 2.45) is 5.73 Å². The highest BCUT2D eigenvalue weighted by molar-refractivity contribution is 5.79. The third kappa shape index (κ3) is 4.08. The van der Waals surface area contributed by atoms with Gasteiger partial charge in [0.15, 0.2) is 0 Å². The van der Waals surface area contributed by atoms with Crippen molar-refractivity contribution in [1.29, 1.82) is 0 Å². The van der Waals surface area contributed by atoms with Gasteiger partial charge in [-0.15, -0.1) is 0 Å². The summed E-state index contributed by atoms with van der Waals surface area (Å²) in [4.78, 5) is 13.2. The van der Waals surface area contributed by atoms with E-state index in [1.807, 2.05) is 0 Å². The zero-order chi connectivity index (χ0) is 12.1. The number of rotatable bonds is 5. The predicted molar refractivity (Wildman–Crippen MR) is 63.1 cm³/mol. The summed E-state index contributed by atoms with van der Waals surface area (Å²) in [6.45, 7) is 9.47. The predicted octanol–water partition coefficient (Wildman–Crippen LogP) is -0.441. The molecule has 1 heterocycles. The van der Waals surface area contributed by atoms with Crippen LogP contribution in [-0.2, 0) is 9.53 Å². The van der Waals surface area contributed by atoms with Gasteiger partial charge in [0.2, 0.25) is 5.91 Å². The average molecular weight is 229 g/mol. The molecule has 0 spiro atoms. The summed E-state index contributed by atoms with van der Waals surface area (Å²) in [7, 11) is 0. The summed E-state index contributed by atoms with van der Waals surface area (Å²) in [6, 6.07) is 0.248. The Hall–Kier alpha value is -0.650. The van der Waals surface area contributed by atoms with Crippen LogP contribution in [0, 0.1) is 0 Å². The Kier molecular flexibility index (Phi) is 5.18. The zero-order valence-corrected chi connectivity index (χ0v) is 10.4. The lowest BCUT2D eigenvalue weighted by Gasteiger charge is -2.35. The fourth-order valence-electron chi connectivity index (χ4n) is 1.74. The molecule has 0 aromatic rings. The molecule has 5 nitrogen and oxygen atoms in total. The van der Waals surface area contributed by atoms with Crippen LogP contribution in [0.3, 0.4) is 0 Å². The second-order valence-electron chi connectivity index (χ2n) is 4.61. The molecule has 0 aromatic heterocycles.